The van der Waals surface area contributed by atoms with Crippen LogP contribution in [0.25, 0.3) is 0 Å². The molecule has 4 nitrogen and oxygen atoms in total. The predicted molar refractivity (Wildman–Crippen MR) is 59.9 cm³/mol. The third-order valence-electron chi connectivity index (χ3n) is 2.34. The van der Waals surface area contributed by atoms with Gasteiger partial charge in [0.15, 0.2) is 0 Å². The van der Waals surface area contributed by atoms with Crippen molar-refractivity contribution in [1.29, 1.82) is 0 Å². The molecule has 88 valence electrons. The average molecular weight is 214 g/mol. The first-order valence-electron chi connectivity index (χ1n) is 5.49. The number of carbonyl (C=O) groups excluding carboxylic acids is 1. The van der Waals surface area contributed by atoms with Crippen LogP contribution in [0, 0.1) is 5.41 Å². The first-order chi connectivity index (χ1) is 6.88. The normalized spacial score (nSPS) is 17.4. The number of hydrogen-bond acceptors (Lipinski definition) is 3. The summed E-state index contributed by atoms with van der Waals surface area (Å²) < 4.78 is 4.87. The van der Waals surface area contributed by atoms with Crippen molar-refractivity contribution in [2.24, 2.45) is 5.41 Å². The molecule has 1 fully saturated rings. The van der Waals surface area contributed by atoms with Crippen LogP contribution in [0.5, 0.6) is 0 Å². The molecular formula is C11H22N2O2. The number of amides is 1. The summed E-state index contributed by atoms with van der Waals surface area (Å²) in [5.74, 6) is 0. The quantitative estimate of drug-likeness (QED) is 0.709. The van der Waals surface area contributed by atoms with E-state index in [4.69, 9.17) is 4.74 Å². The van der Waals surface area contributed by atoms with Crippen LogP contribution in [-0.4, -0.2) is 55.7 Å². The molecule has 0 saturated carbocycles. The molecule has 0 bridgehead atoms. The third-order valence-corrected chi connectivity index (χ3v) is 2.34. The lowest BCUT2D eigenvalue weighted by molar-refractivity contribution is 0.152. The number of hydrogen-bond donors (Lipinski definition) is 0. The Hall–Kier alpha value is -0.770. The Balaban J connectivity index is 2.22. The van der Waals surface area contributed by atoms with E-state index in [0.29, 0.717) is 12.0 Å². The second kappa shape index (κ2) is 4.84. The van der Waals surface area contributed by atoms with E-state index in [9.17, 15) is 4.79 Å². The number of likely N-dealkylation sites (N-methyl/N-ethyl adjacent to an activating group) is 1. The molecule has 1 amide bonds. The molecule has 0 aromatic rings. The highest BCUT2D eigenvalue weighted by atomic mass is 16.6. The summed E-state index contributed by atoms with van der Waals surface area (Å²) in [6, 6.07) is 0. The van der Waals surface area contributed by atoms with Crippen molar-refractivity contribution in [2.45, 2.75) is 20.8 Å². The van der Waals surface area contributed by atoms with E-state index in [-0.39, 0.29) is 6.09 Å². The molecule has 1 heterocycles. The summed E-state index contributed by atoms with van der Waals surface area (Å²) in [6.07, 6.45) is -0.167. The van der Waals surface area contributed by atoms with E-state index in [2.05, 4.69) is 32.7 Å². The standard InChI is InChI=1S/C11H22N2O2/c1-11(2,3)9-12(4)5-6-13-7-8-15-10(13)14/h5-9H2,1-4H3. The molecule has 1 aliphatic rings. The van der Waals surface area contributed by atoms with Gasteiger partial charge in [0.25, 0.3) is 0 Å². The SMILES string of the molecule is CN(CCN1CCOC1=O)CC(C)(C)C. The number of carbonyl (C=O) groups is 1. The lowest BCUT2D eigenvalue weighted by atomic mass is 9.96. The number of nitrogens with zero attached hydrogens (tertiary/aromatic N) is 2. The van der Waals surface area contributed by atoms with Crippen LogP contribution in [0.1, 0.15) is 20.8 Å². The van der Waals surface area contributed by atoms with Gasteiger partial charge in [0.2, 0.25) is 0 Å². The van der Waals surface area contributed by atoms with Crippen molar-refractivity contribution in [2.75, 3.05) is 39.8 Å². The highest BCUT2D eigenvalue weighted by Gasteiger charge is 2.22. The van der Waals surface area contributed by atoms with Crippen LogP contribution in [0.3, 0.4) is 0 Å². The van der Waals surface area contributed by atoms with Gasteiger partial charge < -0.3 is 14.5 Å². The van der Waals surface area contributed by atoms with Crippen molar-refractivity contribution in [3.63, 3.8) is 0 Å². The molecule has 0 aliphatic carbocycles. The van der Waals surface area contributed by atoms with Gasteiger partial charge in [0, 0.05) is 19.6 Å². The summed E-state index contributed by atoms with van der Waals surface area (Å²) in [4.78, 5) is 15.2. The predicted octanol–water partition coefficient (Wildman–Crippen LogP) is 1.42. The minimum atomic E-state index is -0.167. The van der Waals surface area contributed by atoms with Crippen molar-refractivity contribution < 1.29 is 9.53 Å². The van der Waals surface area contributed by atoms with Crippen LogP contribution in [0.15, 0.2) is 0 Å². The van der Waals surface area contributed by atoms with Gasteiger partial charge in [0.05, 0.1) is 6.54 Å². The summed E-state index contributed by atoms with van der Waals surface area (Å²) in [6.45, 7) is 10.6. The molecule has 15 heavy (non-hydrogen) atoms. The van der Waals surface area contributed by atoms with Gasteiger partial charge in [-0.3, -0.25) is 0 Å². The highest BCUT2D eigenvalue weighted by Crippen LogP contribution is 2.14. The maximum absolute atomic E-state index is 11.2. The fourth-order valence-electron chi connectivity index (χ4n) is 1.81. The van der Waals surface area contributed by atoms with Gasteiger partial charge in [-0.05, 0) is 12.5 Å². The van der Waals surface area contributed by atoms with Gasteiger partial charge in [-0.2, -0.15) is 0 Å². The minimum Gasteiger partial charge on any atom is -0.448 e. The van der Waals surface area contributed by atoms with Crippen molar-refractivity contribution in [3.8, 4) is 0 Å². The Labute approximate surface area is 92.2 Å². The van der Waals surface area contributed by atoms with Gasteiger partial charge in [0.1, 0.15) is 6.61 Å². The fourth-order valence-corrected chi connectivity index (χ4v) is 1.81. The number of cyclic esters (lactones) is 1. The molecule has 0 N–H and O–H groups in total. The molecule has 4 heteroatoms. The van der Waals surface area contributed by atoms with Gasteiger partial charge in [-0.15, -0.1) is 0 Å². The summed E-state index contributed by atoms with van der Waals surface area (Å²) in [7, 11) is 2.09. The molecule has 0 radical (unpaired) electrons. The Morgan fingerprint density at radius 2 is 2.13 bits per heavy atom. The zero-order valence-electron chi connectivity index (χ0n) is 10.2. The number of rotatable bonds is 4. The monoisotopic (exact) mass is 214 g/mol. The highest BCUT2D eigenvalue weighted by molar-refractivity contribution is 5.69. The van der Waals surface area contributed by atoms with E-state index in [1.807, 2.05) is 0 Å². The molecule has 0 aromatic carbocycles. The number of ether oxygens (including phenoxy) is 1. The first-order valence-corrected chi connectivity index (χ1v) is 5.49. The van der Waals surface area contributed by atoms with Crippen molar-refractivity contribution in [1.82, 2.24) is 9.80 Å². The Bertz CT molecular complexity index is 223. The zero-order chi connectivity index (χ0) is 11.5. The Morgan fingerprint density at radius 3 is 2.60 bits per heavy atom. The maximum atomic E-state index is 11.2. The lowest BCUT2D eigenvalue weighted by Crippen LogP contribution is -2.37. The zero-order valence-corrected chi connectivity index (χ0v) is 10.2. The van der Waals surface area contributed by atoms with Crippen LogP contribution in [0.2, 0.25) is 0 Å². The molecule has 1 aliphatic heterocycles. The topological polar surface area (TPSA) is 32.8 Å². The summed E-state index contributed by atoms with van der Waals surface area (Å²) >= 11 is 0. The van der Waals surface area contributed by atoms with Gasteiger partial charge in [-0.1, -0.05) is 20.8 Å². The third kappa shape index (κ3) is 4.51. The minimum absolute atomic E-state index is 0.167. The Morgan fingerprint density at radius 1 is 1.47 bits per heavy atom. The van der Waals surface area contributed by atoms with Crippen molar-refractivity contribution >= 4 is 6.09 Å². The summed E-state index contributed by atoms with van der Waals surface area (Å²) in [5, 5.41) is 0. The van der Waals surface area contributed by atoms with E-state index < -0.39 is 0 Å². The molecule has 0 atom stereocenters. The average Bonchev–Trinajstić information content (AvgIpc) is 2.44. The maximum Gasteiger partial charge on any atom is 0.409 e. The van der Waals surface area contributed by atoms with Crippen molar-refractivity contribution in [3.05, 3.63) is 0 Å². The van der Waals surface area contributed by atoms with E-state index in [0.717, 1.165) is 26.2 Å². The van der Waals surface area contributed by atoms with Crippen LogP contribution < -0.4 is 0 Å². The smallest absolute Gasteiger partial charge is 0.409 e. The summed E-state index contributed by atoms with van der Waals surface area (Å²) in [5.41, 5.74) is 0.306. The van der Waals surface area contributed by atoms with Crippen LogP contribution in [-0.2, 0) is 4.74 Å². The van der Waals surface area contributed by atoms with E-state index >= 15 is 0 Å². The molecule has 0 unspecified atom stereocenters. The first kappa shape index (κ1) is 12.3. The molecule has 0 aromatic heterocycles. The van der Waals surface area contributed by atoms with Gasteiger partial charge in [-0.25, -0.2) is 4.79 Å². The molecule has 1 saturated heterocycles. The van der Waals surface area contributed by atoms with Crippen LogP contribution >= 0.6 is 0 Å². The largest absolute Gasteiger partial charge is 0.448 e. The molecular weight excluding hydrogens is 192 g/mol. The lowest BCUT2D eigenvalue weighted by Gasteiger charge is -2.27. The molecule has 1 rings (SSSR count). The van der Waals surface area contributed by atoms with E-state index in [1.54, 1.807) is 4.90 Å². The van der Waals surface area contributed by atoms with Crippen LogP contribution in [0.4, 0.5) is 4.79 Å². The second-order valence-corrected chi connectivity index (χ2v) is 5.40. The Kier molecular flexibility index (Phi) is 3.97. The van der Waals surface area contributed by atoms with Gasteiger partial charge >= 0.3 is 6.09 Å². The fraction of sp³-hybridized carbons (Fsp3) is 0.909. The van der Waals surface area contributed by atoms with E-state index in [1.165, 1.54) is 0 Å². The molecule has 0 spiro atoms. The second-order valence-electron chi connectivity index (χ2n) is 5.40.